The summed E-state index contributed by atoms with van der Waals surface area (Å²) in [5.41, 5.74) is 1.46. The molecule has 28 heavy (non-hydrogen) atoms. The highest BCUT2D eigenvalue weighted by atomic mass is 16.5. The summed E-state index contributed by atoms with van der Waals surface area (Å²) in [4.78, 5) is 15.1. The number of methoxy groups -OCH3 is 3. The number of carbonyl (C=O) groups excluding carboxylic acids is 1. The predicted molar refractivity (Wildman–Crippen MR) is 105 cm³/mol. The summed E-state index contributed by atoms with van der Waals surface area (Å²) in [7, 11) is 4.58. The van der Waals surface area contributed by atoms with Gasteiger partial charge in [0.1, 0.15) is 5.76 Å². The van der Waals surface area contributed by atoms with E-state index in [4.69, 9.17) is 18.6 Å². The average Bonchev–Trinajstić information content (AvgIpc) is 3.25. The van der Waals surface area contributed by atoms with E-state index in [1.807, 2.05) is 36.4 Å². The highest BCUT2D eigenvalue weighted by molar-refractivity contribution is 5.95. The zero-order valence-corrected chi connectivity index (χ0v) is 16.2. The van der Waals surface area contributed by atoms with E-state index >= 15 is 0 Å². The molecular weight excluding hydrogens is 358 g/mol. The van der Waals surface area contributed by atoms with E-state index in [0.717, 1.165) is 5.56 Å². The standard InChI is InChI=1S/C22H23NO5/c1-25-19-12-17(13-20(26-2)21(19)27-3)22(24)23(15-18-10-7-11-28-18)14-16-8-5-4-6-9-16/h4-13H,14-15H2,1-3H3. The first kappa shape index (κ1) is 19.4. The second kappa shape index (κ2) is 8.99. The van der Waals surface area contributed by atoms with Gasteiger partial charge in [-0.25, -0.2) is 0 Å². The highest BCUT2D eigenvalue weighted by Gasteiger charge is 2.22. The van der Waals surface area contributed by atoms with Crippen molar-refractivity contribution in [1.29, 1.82) is 0 Å². The van der Waals surface area contributed by atoms with Crippen molar-refractivity contribution in [2.24, 2.45) is 0 Å². The number of hydrogen-bond acceptors (Lipinski definition) is 5. The topological polar surface area (TPSA) is 61.1 Å². The largest absolute Gasteiger partial charge is 0.493 e. The Kier molecular flexibility index (Phi) is 6.22. The molecule has 0 saturated carbocycles. The van der Waals surface area contributed by atoms with Gasteiger partial charge in [-0.05, 0) is 29.8 Å². The Morgan fingerprint density at radius 1 is 0.893 bits per heavy atom. The number of furan rings is 1. The molecule has 1 amide bonds. The van der Waals surface area contributed by atoms with Gasteiger partial charge in [-0.1, -0.05) is 30.3 Å². The van der Waals surface area contributed by atoms with Crippen molar-refractivity contribution in [1.82, 2.24) is 4.90 Å². The molecule has 0 bridgehead atoms. The SMILES string of the molecule is COc1cc(C(=O)N(Cc2ccccc2)Cc2ccco2)cc(OC)c1OC. The van der Waals surface area contributed by atoms with Gasteiger partial charge in [0.2, 0.25) is 5.75 Å². The smallest absolute Gasteiger partial charge is 0.254 e. The molecule has 0 fully saturated rings. The molecule has 146 valence electrons. The molecule has 6 nitrogen and oxygen atoms in total. The van der Waals surface area contributed by atoms with Crippen molar-refractivity contribution >= 4 is 5.91 Å². The van der Waals surface area contributed by atoms with Crippen LogP contribution in [0, 0.1) is 0 Å². The summed E-state index contributed by atoms with van der Waals surface area (Å²) >= 11 is 0. The van der Waals surface area contributed by atoms with Crippen LogP contribution in [0.4, 0.5) is 0 Å². The van der Waals surface area contributed by atoms with Crippen molar-refractivity contribution in [3.8, 4) is 17.2 Å². The van der Waals surface area contributed by atoms with Gasteiger partial charge < -0.3 is 23.5 Å². The summed E-state index contributed by atoms with van der Waals surface area (Å²) in [6.45, 7) is 0.786. The maximum absolute atomic E-state index is 13.3. The lowest BCUT2D eigenvalue weighted by Gasteiger charge is -2.23. The van der Waals surface area contributed by atoms with Crippen molar-refractivity contribution in [2.45, 2.75) is 13.1 Å². The Balaban J connectivity index is 1.96. The zero-order valence-electron chi connectivity index (χ0n) is 16.2. The van der Waals surface area contributed by atoms with Crippen LogP contribution in [0.3, 0.4) is 0 Å². The van der Waals surface area contributed by atoms with Crippen LogP contribution < -0.4 is 14.2 Å². The highest BCUT2D eigenvalue weighted by Crippen LogP contribution is 2.38. The molecule has 3 aromatic rings. The second-order valence-electron chi connectivity index (χ2n) is 6.14. The minimum atomic E-state index is -0.167. The quantitative estimate of drug-likeness (QED) is 0.587. The number of benzene rings is 2. The Morgan fingerprint density at radius 2 is 1.57 bits per heavy atom. The minimum Gasteiger partial charge on any atom is -0.493 e. The molecule has 0 unspecified atom stereocenters. The van der Waals surface area contributed by atoms with Crippen LogP contribution in [-0.2, 0) is 13.1 Å². The fraction of sp³-hybridized carbons (Fsp3) is 0.227. The summed E-state index contributed by atoms with van der Waals surface area (Å²) < 4.78 is 21.6. The van der Waals surface area contributed by atoms with Crippen LogP contribution in [-0.4, -0.2) is 32.1 Å². The summed E-state index contributed by atoms with van der Waals surface area (Å²) in [6, 6.07) is 16.8. The van der Waals surface area contributed by atoms with Crippen LogP contribution in [0.5, 0.6) is 17.2 Å². The van der Waals surface area contributed by atoms with Gasteiger partial charge in [-0.15, -0.1) is 0 Å². The minimum absolute atomic E-state index is 0.167. The van der Waals surface area contributed by atoms with Gasteiger partial charge in [0.15, 0.2) is 11.5 Å². The van der Waals surface area contributed by atoms with E-state index in [1.54, 1.807) is 29.4 Å². The lowest BCUT2D eigenvalue weighted by molar-refractivity contribution is 0.0717. The van der Waals surface area contributed by atoms with Gasteiger partial charge in [0, 0.05) is 12.1 Å². The molecule has 0 aliphatic carbocycles. The third-order valence-corrected chi connectivity index (χ3v) is 4.34. The molecule has 0 aliphatic rings. The first-order chi connectivity index (χ1) is 13.7. The number of hydrogen-bond donors (Lipinski definition) is 0. The molecule has 0 radical (unpaired) electrons. The van der Waals surface area contributed by atoms with Gasteiger partial charge in [0.25, 0.3) is 5.91 Å². The van der Waals surface area contributed by atoms with Crippen LogP contribution >= 0.6 is 0 Å². The first-order valence-corrected chi connectivity index (χ1v) is 8.81. The molecule has 0 saturated heterocycles. The molecule has 2 aromatic carbocycles. The Hall–Kier alpha value is -3.41. The zero-order chi connectivity index (χ0) is 19.9. The Morgan fingerprint density at radius 3 is 2.11 bits per heavy atom. The number of carbonyl (C=O) groups is 1. The molecule has 0 spiro atoms. The summed E-state index contributed by atoms with van der Waals surface area (Å²) in [5, 5.41) is 0. The van der Waals surface area contributed by atoms with Crippen LogP contribution in [0.2, 0.25) is 0 Å². The normalized spacial score (nSPS) is 10.4. The number of nitrogens with zero attached hydrogens (tertiary/aromatic N) is 1. The number of ether oxygens (including phenoxy) is 3. The fourth-order valence-corrected chi connectivity index (χ4v) is 2.98. The van der Waals surface area contributed by atoms with E-state index in [2.05, 4.69) is 0 Å². The second-order valence-corrected chi connectivity index (χ2v) is 6.14. The van der Waals surface area contributed by atoms with Crippen molar-refractivity contribution in [2.75, 3.05) is 21.3 Å². The van der Waals surface area contributed by atoms with E-state index in [1.165, 1.54) is 21.3 Å². The Bertz CT molecular complexity index is 881. The molecule has 0 N–H and O–H groups in total. The molecule has 1 heterocycles. The molecule has 0 atom stereocenters. The summed E-state index contributed by atoms with van der Waals surface area (Å²) in [5.74, 6) is 1.85. The molecule has 6 heteroatoms. The van der Waals surface area contributed by atoms with Crippen LogP contribution in [0.15, 0.2) is 65.3 Å². The van der Waals surface area contributed by atoms with E-state index in [0.29, 0.717) is 41.7 Å². The van der Waals surface area contributed by atoms with E-state index < -0.39 is 0 Å². The van der Waals surface area contributed by atoms with E-state index in [-0.39, 0.29) is 5.91 Å². The monoisotopic (exact) mass is 381 g/mol. The lowest BCUT2D eigenvalue weighted by Crippen LogP contribution is -2.30. The van der Waals surface area contributed by atoms with Crippen molar-refractivity contribution < 1.29 is 23.4 Å². The van der Waals surface area contributed by atoms with E-state index in [9.17, 15) is 4.79 Å². The maximum atomic E-state index is 13.3. The molecule has 1 aromatic heterocycles. The third-order valence-electron chi connectivity index (χ3n) is 4.34. The predicted octanol–water partition coefficient (Wildman–Crippen LogP) is 4.15. The maximum Gasteiger partial charge on any atom is 0.254 e. The fourth-order valence-electron chi connectivity index (χ4n) is 2.98. The summed E-state index contributed by atoms with van der Waals surface area (Å²) in [6.07, 6.45) is 1.60. The number of rotatable bonds is 8. The molecule has 0 aliphatic heterocycles. The number of amides is 1. The average molecular weight is 381 g/mol. The van der Waals surface area contributed by atoms with Gasteiger partial charge in [-0.2, -0.15) is 0 Å². The van der Waals surface area contributed by atoms with Crippen LogP contribution in [0.25, 0.3) is 0 Å². The van der Waals surface area contributed by atoms with Gasteiger partial charge in [0.05, 0.1) is 34.1 Å². The van der Waals surface area contributed by atoms with Crippen LogP contribution in [0.1, 0.15) is 21.7 Å². The molecule has 3 rings (SSSR count). The molecular formula is C22H23NO5. The van der Waals surface area contributed by atoms with Crippen molar-refractivity contribution in [3.05, 3.63) is 77.7 Å². The van der Waals surface area contributed by atoms with Gasteiger partial charge >= 0.3 is 0 Å². The third kappa shape index (κ3) is 4.28. The first-order valence-electron chi connectivity index (χ1n) is 8.81. The van der Waals surface area contributed by atoms with Crippen molar-refractivity contribution in [3.63, 3.8) is 0 Å². The van der Waals surface area contributed by atoms with Gasteiger partial charge in [-0.3, -0.25) is 4.79 Å². The lowest BCUT2D eigenvalue weighted by atomic mass is 10.1. The Labute approximate surface area is 164 Å².